The molecular formula is C20H14Cl5N3OS. The van der Waals surface area contributed by atoms with Crippen LogP contribution in [-0.2, 0) is 0 Å². The van der Waals surface area contributed by atoms with Gasteiger partial charge in [-0.1, -0.05) is 94.4 Å². The van der Waals surface area contributed by atoms with Crippen molar-refractivity contribution in [1.29, 1.82) is 0 Å². The molecule has 3 aromatic carbocycles. The van der Waals surface area contributed by atoms with E-state index in [1.165, 1.54) is 0 Å². The Hall–Kier alpha value is -1.47. The quantitative estimate of drug-likeness (QED) is 0.207. The van der Waals surface area contributed by atoms with Gasteiger partial charge in [-0.2, -0.15) is 0 Å². The van der Waals surface area contributed by atoms with Crippen LogP contribution in [0.2, 0.25) is 10.0 Å². The van der Waals surface area contributed by atoms with Gasteiger partial charge in [-0.15, -0.1) is 0 Å². The minimum atomic E-state index is -1.89. The summed E-state index contributed by atoms with van der Waals surface area (Å²) in [4.78, 5) is 12.9. The van der Waals surface area contributed by atoms with E-state index in [-0.39, 0.29) is 5.11 Å². The third kappa shape index (κ3) is 5.82. The highest BCUT2D eigenvalue weighted by molar-refractivity contribution is 7.80. The van der Waals surface area contributed by atoms with Gasteiger partial charge in [-0.3, -0.25) is 4.79 Å². The lowest BCUT2D eigenvalue weighted by Crippen LogP contribution is -2.56. The van der Waals surface area contributed by atoms with Crippen molar-refractivity contribution in [3.63, 3.8) is 0 Å². The van der Waals surface area contributed by atoms with Crippen molar-refractivity contribution in [2.45, 2.75) is 9.96 Å². The zero-order valence-electron chi connectivity index (χ0n) is 15.1. The van der Waals surface area contributed by atoms with Crippen molar-refractivity contribution in [1.82, 2.24) is 10.6 Å². The average molecular weight is 522 g/mol. The van der Waals surface area contributed by atoms with E-state index < -0.39 is 15.9 Å². The second-order valence-corrected chi connectivity index (χ2v) is 9.79. The Morgan fingerprint density at radius 2 is 1.60 bits per heavy atom. The number of halogens is 5. The lowest BCUT2D eigenvalue weighted by Gasteiger charge is -2.28. The summed E-state index contributed by atoms with van der Waals surface area (Å²) in [6.45, 7) is 0. The molecule has 0 unspecified atom stereocenters. The van der Waals surface area contributed by atoms with E-state index in [0.717, 1.165) is 10.8 Å². The normalized spacial score (nSPS) is 12.3. The van der Waals surface area contributed by atoms with E-state index in [1.807, 2.05) is 30.3 Å². The number of amides is 1. The number of thiocarbonyl (C=S) groups is 1. The molecule has 0 fully saturated rings. The molecular weight excluding hydrogens is 508 g/mol. The molecule has 0 heterocycles. The van der Waals surface area contributed by atoms with E-state index in [4.69, 9.17) is 70.2 Å². The van der Waals surface area contributed by atoms with Crippen molar-refractivity contribution < 1.29 is 4.79 Å². The van der Waals surface area contributed by atoms with Gasteiger partial charge in [0, 0.05) is 11.3 Å². The maximum atomic E-state index is 12.9. The maximum absolute atomic E-state index is 12.9. The number of carbonyl (C=O) groups is 1. The van der Waals surface area contributed by atoms with Gasteiger partial charge in [0.05, 0.1) is 10.0 Å². The Bertz CT molecular complexity index is 1100. The molecule has 156 valence electrons. The number of benzene rings is 3. The summed E-state index contributed by atoms with van der Waals surface area (Å²) in [5.74, 6) is -0.423. The van der Waals surface area contributed by atoms with Gasteiger partial charge in [0.1, 0.15) is 6.17 Å². The number of hydrogen-bond acceptors (Lipinski definition) is 2. The topological polar surface area (TPSA) is 53.2 Å². The van der Waals surface area contributed by atoms with Crippen LogP contribution in [0.25, 0.3) is 10.8 Å². The number of anilines is 1. The molecule has 0 aliphatic heterocycles. The molecule has 4 nitrogen and oxygen atoms in total. The Morgan fingerprint density at radius 3 is 2.30 bits per heavy atom. The zero-order valence-corrected chi connectivity index (χ0v) is 19.7. The number of rotatable bonds is 4. The van der Waals surface area contributed by atoms with Crippen LogP contribution in [0.1, 0.15) is 10.4 Å². The largest absolute Gasteiger partial charge is 0.339 e. The molecule has 3 aromatic rings. The number of fused-ring (bicyclic) bond motifs is 1. The third-order valence-corrected chi connectivity index (χ3v) is 5.70. The van der Waals surface area contributed by atoms with Crippen LogP contribution in [0.15, 0.2) is 60.7 Å². The molecule has 1 amide bonds. The number of alkyl halides is 3. The van der Waals surface area contributed by atoms with E-state index in [1.54, 1.807) is 30.3 Å². The summed E-state index contributed by atoms with van der Waals surface area (Å²) < 4.78 is -1.89. The number of hydrogen-bond donors (Lipinski definition) is 3. The highest BCUT2D eigenvalue weighted by Crippen LogP contribution is 2.30. The molecule has 0 radical (unpaired) electrons. The second kappa shape index (κ2) is 9.77. The monoisotopic (exact) mass is 519 g/mol. The smallest absolute Gasteiger partial charge is 0.253 e. The molecule has 0 aliphatic carbocycles. The summed E-state index contributed by atoms with van der Waals surface area (Å²) in [5, 5.41) is 11.0. The number of nitrogens with one attached hydrogen (secondary N) is 3. The first-order valence-electron chi connectivity index (χ1n) is 8.53. The SMILES string of the molecule is O=C(N[C@@H](NC(=S)Nc1ccc(Cl)c(Cl)c1)C(Cl)(Cl)Cl)c1cccc2ccccc12. The molecule has 30 heavy (non-hydrogen) atoms. The van der Waals surface area contributed by atoms with Gasteiger partial charge in [-0.25, -0.2) is 0 Å². The molecule has 10 heteroatoms. The average Bonchev–Trinajstić information content (AvgIpc) is 2.69. The lowest BCUT2D eigenvalue weighted by atomic mass is 10.0. The Labute approximate surface area is 203 Å². The van der Waals surface area contributed by atoms with Gasteiger partial charge in [-0.05, 0) is 47.3 Å². The molecule has 0 aromatic heterocycles. The molecule has 3 rings (SSSR count). The minimum absolute atomic E-state index is 0.114. The summed E-state index contributed by atoms with van der Waals surface area (Å²) in [5.41, 5.74) is 1.02. The van der Waals surface area contributed by atoms with Gasteiger partial charge < -0.3 is 16.0 Å². The van der Waals surface area contributed by atoms with Crippen LogP contribution < -0.4 is 16.0 Å². The van der Waals surface area contributed by atoms with Crippen LogP contribution in [0, 0.1) is 0 Å². The van der Waals surface area contributed by atoms with Crippen LogP contribution in [-0.4, -0.2) is 21.0 Å². The predicted octanol–water partition coefficient (Wildman–Crippen LogP) is 6.56. The van der Waals surface area contributed by atoms with Crippen molar-refractivity contribution in [3.8, 4) is 0 Å². The molecule has 0 spiro atoms. The van der Waals surface area contributed by atoms with Crippen molar-refractivity contribution in [2.24, 2.45) is 0 Å². The first-order chi connectivity index (χ1) is 14.1. The highest BCUT2D eigenvalue weighted by Gasteiger charge is 2.35. The van der Waals surface area contributed by atoms with Gasteiger partial charge in [0.15, 0.2) is 5.11 Å². The van der Waals surface area contributed by atoms with Crippen LogP contribution in [0.5, 0.6) is 0 Å². The Balaban J connectivity index is 1.76. The molecule has 0 saturated carbocycles. The summed E-state index contributed by atoms with van der Waals surface area (Å²) in [6.07, 6.45) is -1.11. The lowest BCUT2D eigenvalue weighted by molar-refractivity contribution is 0.0936. The van der Waals surface area contributed by atoms with E-state index in [0.29, 0.717) is 21.3 Å². The fraction of sp³-hybridized carbons (Fsp3) is 0.100. The Kier molecular flexibility index (Phi) is 7.56. The van der Waals surface area contributed by atoms with Gasteiger partial charge in [0.2, 0.25) is 3.79 Å². The zero-order chi connectivity index (χ0) is 21.9. The van der Waals surface area contributed by atoms with E-state index in [9.17, 15) is 4.79 Å². The Morgan fingerprint density at radius 1 is 0.900 bits per heavy atom. The van der Waals surface area contributed by atoms with E-state index in [2.05, 4.69) is 16.0 Å². The maximum Gasteiger partial charge on any atom is 0.253 e. The van der Waals surface area contributed by atoms with Crippen LogP contribution in [0.3, 0.4) is 0 Å². The van der Waals surface area contributed by atoms with E-state index >= 15 is 0 Å². The summed E-state index contributed by atoms with van der Waals surface area (Å²) >= 11 is 35.4. The molecule has 0 bridgehead atoms. The summed E-state index contributed by atoms with van der Waals surface area (Å²) in [7, 11) is 0. The summed E-state index contributed by atoms with van der Waals surface area (Å²) in [6, 6.07) is 17.8. The fourth-order valence-corrected chi connectivity index (χ4v) is 3.57. The molecule has 0 saturated heterocycles. The predicted molar refractivity (Wildman–Crippen MR) is 131 cm³/mol. The standard InChI is InChI=1S/C20H14Cl5N3OS/c21-15-9-8-12(10-16(15)22)26-19(30)28-18(20(23,24)25)27-17(29)14-7-3-5-11-4-1-2-6-13(11)14/h1-10,18H,(H,27,29)(H2,26,28,30)/t18-/m0/s1. The van der Waals surface area contributed by atoms with Crippen LogP contribution in [0.4, 0.5) is 5.69 Å². The first kappa shape index (κ1) is 23.2. The molecule has 0 aliphatic rings. The van der Waals surface area contributed by atoms with Crippen molar-refractivity contribution >= 4 is 97.7 Å². The van der Waals surface area contributed by atoms with Gasteiger partial charge >= 0.3 is 0 Å². The highest BCUT2D eigenvalue weighted by atomic mass is 35.6. The fourth-order valence-electron chi connectivity index (χ4n) is 2.70. The third-order valence-electron chi connectivity index (χ3n) is 4.09. The van der Waals surface area contributed by atoms with Crippen LogP contribution >= 0.6 is 70.2 Å². The molecule has 1 atom stereocenters. The minimum Gasteiger partial charge on any atom is -0.339 e. The second-order valence-electron chi connectivity index (χ2n) is 6.20. The molecule has 3 N–H and O–H groups in total. The number of carbonyl (C=O) groups excluding carboxylic acids is 1. The first-order valence-corrected chi connectivity index (χ1v) is 10.8. The van der Waals surface area contributed by atoms with Gasteiger partial charge in [0.25, 0.3) is 5.91 Å². The van der Waals surface area contributed by atoms with Crippen molar-refractivity contribution in [3.05, 3.63) is 76.3 Å². The van der Waals surface area contributed by atoms with Crippen molar-refractivity contribution in [2.75, 3.05) is 5.32 Å².